The highest BCUT2D eigenvalue weighted by Gasteiger charge is 2.00. The van der Waals surface area contributed by atoms with Crippen LogP contribution in [-0.4, -0.2) is 4.98 Å². The second kappa shape index (κ2) is 2.88. The summed E-state index contributed by atoms with van der Waals surface area (Å²) in [5, 5.41) is 0. The van der Waals surface area contributed by atoms with E-state index in [1.807, 2.05) is 9.24 Å². The monoisotopic (exact) mass is 143 g/mol. The topological polar surface area (TPSA) is 12.9 Å². The minimum Gasteiger partial charge on any atom is -0.258 e. The van der Waals surface area contributed by atoms with Gasteiger partial charge in [-0.2, -0.15) is 0 Å². The number of nitrogens with zero attached hydrogens (tertiary/aromatic N) is 1. The SMILES string of the molecule is FC(P)c1ccccn1. The molecule has 0 saturated carbocycles. The standard InChI is InChI=1S/C6H7FNP/c7-6(9)5-3-1-2-4-8-5/h1-4,6H,9H2. The first-order chi connectivity index (χ1) is 4.30. The first-order valence-electron chi connectivity index (χ1n) is 2.61. The highest BCUT2D eigenvalue weighted by molar-refractivity contribution is 7.16. The maximum atomic E-state index is 12.3. The summed E-state index contributed by atoms with van der Waals surface area (Å²) in [4.78, 5) is 3.78. The first-order valence-corrected chi connectivity index (χ1v) is 3.28. The quantitative estimate of drug-likeness (QED) is 0.547. The van der Waals surface area contributed by atoms with Gasteiger partial charge in [-0.05, 0) is 12.1 Å². The van der Waals surface area contributed by atoms with Crippen LogP contribution in [0.2, 0.25) is 0 Å². The zero-order chi connectivity index (χ0) is 6.69. The molecule has 1 nitrogen and oxygen atoms in total. The predicted molar refractivity (Wildman–Crippen MR) is 37.8 cm³/mol. The molecule has 0 aliphatic carbocycles. The summed E-state index contributed by atoms with van der Waals surface area (Å²) in [7, 11) is 2.04. The smallest absolute Gasteiger partial charge is 0.155 e. The highest BCUT2D eigenvalue weighted by atomic mass is 31.0. The Morgan fingerprint density at radius 2 is 2.33 bits per heavy atom. The van der Waals surface area contributed by atoms with E-state index >= 15 is 0 Å². The van der Waals surface area contributed by atoms with Crippen LogP contribution in [0.15, 0.2) is 24.4 Å². The van der Waals surface area contributed by atoms with Gasteiger partial charge in [0.15, 0.2) is 5.91 Å². The minimum absolute atomic E-state index is 0.461. The normalized spacial score (nSPS) is 13.1. The van der Waals surface area contributed by atoms with Crippen molar-refractivity contribution >= 4 is 9.24 Å². The summed E-state index contributed by atoms with van der Waals surface area (Å²) in [6, 6.07) is 5.17. The molecule has 0 spiro atoms. The Balaban J connectivity index is 2.85. The molecule has 0 aliphatic heterocycles. The van der Waals surface area contributed by atoms with Crippen LogP contribution in [0, 0.1) is 0 Å². The van der Waals surface area contributed by atoms with E-state index in [4.69, 9.17) is 0 Å². The largest absolute Gasteiger partial charge is 0.258 e. The molecule has 2 unspecified atom stereocenters. The molecule has 0 N–H and O–H groups in total. The van der Waals surface area contributed by atoms with Crippen molar-refractivity contribution in [2.75, 3.05) is 0 Å². The van der Waals surface area contributed by atoms with Gasteiger partial charge in [0.05, 0.1) is 5.69 Å². The van der Waals surface area contributed by atoms with Gasteiger partial charge in [0.2, 0.25) is 0 Å². The van der Waals surface area contributed by atoms with Crippen molar-refractivity contribution in [2.24, 2.45) is 0 Å². The van der Waals surface area contributed by atoms with E-state index in [1.165, 1.54) is 0 Å². The molecule has 0 aliphatic rings. The van der Waals surface area contributed by atoms with Crippen LogP contribution in [0.4, 0.5) is 4.39 Å². The van der Waals surface area contributed by atoms with E-state index in [0.717, 1.165) is 0 Å². The van der Waals surface area contributed by atoms with Gasteiger partial charge in [0.25, 0.3) is 0 Å². The third kappa shape index (κ3) is 1.72. The molecule has 1 aromatic rings. The number of pyridine rings is 1. The van der Waals surface area contributed by atoms with Crippen LogP contribution in [0.5, 0.6) is 0 Å². The Morgan fingerprint density at radius 3 is 2.67 bits per heavy atom. The van der Waals surface area contributed by atoms with Gasteiger partial charge in [-0.15, -0.1) is 0 Å². The third-order valence-corrected chi connectivity index (χ3v) is 1.31. The summed E-state index contributed by atoms with van der Waals surface area (Å²) in [5.74, 6) is -1.04. The van der Waals surface area contributed by atoms with E-state index in [-0.39, 0.29) is 0 Å². The van der Waals surface area contributed by atoms with Crippen LogP contribution in [0.1, 0.15) is 11.6 Å². The van der Waals surface area contributed by atoms with Crippen LogP contribution in [0.25, 0.3) is 0 Å². The van der Waals surface area contributed by atoms with E-state index in [1.54, 1.807) is 24.4 Å². The summed E-state index contributed by atoms with van der Waals surface area (Å²) >= 11 is 0. The molecule has 3 heteroatoms. The number of alkyl halides is 1. The highest BCUT2D eigenvalue weighted by Crippen LogP contribution is 2.20. The Kier molecular flexibility index (Phi) is 2.12. The van der Waals surface area contributed by atoms with Gasteiger partial charge in [0.1, 0.15) is 0 Å². The lowest BCUT2D eigenvalue weighted by Crippen LogP contribution is -1.84. The molecule has 1 aromatic heterocycles. The fourth-order valence-electron chi connectivity index (χ4n) is 0.539. The lowest BCUT2D eigenvalue weighted by molar-refractivity contribution is 0.460. The first kappa shape index (κ1) is 6.63. The molecule has 48 valence electrons. The molecule has 0 radical (unpaired) electrons. The predicted octanol–water partition coefficient (Wildman–Crippen LogP) is 1.92. The van der Waals surface area contributed by atoms with Crippen LogP contribution in [-0.2, 0) is 0 Å². The van der Waals surface area contributed by atoms with Gasteiger partial charge in [-0.3, -0.25) is 4.98 Å². The van der Waals surface area contributed by atoms with Crippen molar-refractivity contribution in [3.8, 4) is 0 Å². The van der Waals surface area contributed by atoms with Crippen LogP contribution >= 0.6 is 9.24 Å². The van der Waals surface area contributed by atoms with E-state index in [9.17, 15) is 4.39 Å². The lowest BCUT2D eigenvalue weighted by atomic mass is 10.4. The Bertz CT molecular complexity index is 176. The summed E-state index contributed by atoms with van der Waals surface area (Å²) < 4.78 is 12.3. The molecule has 0 saturated heterocycles. The molecule has 1 rings (SSSR count). The van der Waals surface area contributed by atoms with Crippen molar-refractivity contribution < 1.29 is 4.39 Å². The molecular formula is C6H7FNP. The van der Waals surface area contributed by atoms with Crippen molar-refractivity contribution in [2.45, 2.75) is 5.91 Å². The summed E-state index contributed by atoms with van der Waals surface area (Å²) in [5.41, 5.74) is 0.461. The molecule has 0 fully saturated rings. The Morgan fingerprint density at radius 1 is 1.56 bits per heavy atom. The van der Waals surface area contributed by atoms with Crippen molar-refractivity contribution in [3.05, 3.63) is 30.1 Å². The van der Waals surface area contributed by atoms with Gasteiger partial charge in [0, 0.05) is 6.20 Å². The molecule has 9 heavy (non-hydrogen) atoms. The molecule has 1 heterocycles. The van der Waals surface area contributed by atoms with E-state index in [2.05, 4.69) is 4.98 Å². The maximum absolute atomic E-state index is 12.3. The maximum Gasteiger partial charge on any atom is 0.155 e. The van der Waals surface area contributed by atoms with Gasteiger partial charge in [-0.1, -0.05) is 15.3 Å². The van der Waals surface area contributed by atoms with Gasteiger partial charge >= 0.3 is 0 Å². The molecule has 2 atom stereocenters. The number of hydrogen-bond donors (Lipinski definition) is 0. The third-order valence-electron chi connectivity index (χ3n) is 0.970. The van der Waals surface area contributed by atoms with Gasteiger partial charge in [-0.25, -0.2) is 4.39 Å². The van der Waals surface area contributed by atoms with E-state index < -0.39 is 5.91 Å². The summed E-state index contributed by atoms with van der Waals surface area (Å²) in [6.07, 6.45) is 1.58. The minimum atomic E-state index is -1.04. The molecule has 0 aromatic carbocycles. The van der Waals surface area contributed by atoms with Crippen LogP contribution < -0.4 is 0 Å². The number of halogens is 1. The van der Waals surface area contributed by atoms with Crippen molar-refractivity contribution in [1.29, 1.82) is 0 Å². The molecule has 0 bridgehead atoms. The zero-order valence-electron chi connectivity index (χ0n) is 4.79. The fraction of sp³-hybridized carbons (Fsp3) is 0.167. The Labute approximate surface area is 55.5 Å². The average molecular weight is 143 g/mol. The lowest BCUT2D eigenvalue weighted by Gasteiger charge is -1.96. The number of rotatable bonds is 1. The van der Waals surface area contributed by atoms with Crippen molar-refractivity contribution in [1.82, 2.24) is 4.98 Å². The number of hydrogen-bond acceptors (Lipinski definition) is 1. The number of aromatic nitrogens is 1. The van der Waals surface area contributed by atoms with Crippen LogP contribution in [0.3, 0.4) is 0 Å². The molecule has 0 amide bonds. The second-order valence-corrected chi connectivity index (χ2v) is 2.24. The zero-order valence-corrected chi connectivity index (χ0v) is 5.94. The molecular weight excluding hydrogens is 136 g/mol. The van der Waals surface area contributed by atoms with E-state index in [0.29, 0.717) is 5.69 Å². The fourth-order valence-corrected chi connectivity index (χ4v) is 0.736. The second-order valence-electron chi connectivity index (χ2n) is 1.66. The summed E-state index contributed by atoms with van der Waals surface area (Å²) in [6.45, 7) is 0. The average Bonchev–Trinajstić information content (AvgIpc) is 1.90. The van der Waals surface area contributed by atoms with Gasteiger partial charge < -0.3 is 0 Å². The Hall–Kier alpha value is -0.490. The van der Waals surface area contributed by atoms with Crippen molar-refractivity contribution in [3.63, 3.8) is 0 Å².